The Bertz CT molecular complexity index is 266. The van der Waals surface area contributed by atoms with Crippen LogP contribution in [-0.2, 0) is 9.36 Å². The number of hydrogen-bond donors (Lipinski definition) is 3. The Kier molecular flexibility index (Phi) is 6.83. The molecule has 0 rings (SSSR count). The van der Waals surface area contributed by atoms with Crippen molar-refractivity contribution in [1.82, 2.24) is 10.4 Å². The number of rotatable bonds is 7. The Labute approximate surface area is 96.0 Å². The number of carbonyl (C=O) groups is 1. The van der Waals surface area contributed by atoms with E-state index in [0.717, 1.165) is 6.42 Å². The Morgan fingerprint density at radius 2 is 2.12 bits per heavy atom. The van der Waals surface area contributed by atoms with Gasteiger partial charge >= 0.3 is 0 Å². The molecule has 0 aliphatic heterocycles. The fourth-order valence-electron chi connectivity index (χ4n) is 0.988. The second kappa shape index (κ2) is 7.01. The van der Waals surface area contributed by atoms with Crippen molar-refractivity contribution in [3.05, 3.63) is 0 Å². The molecule has 2 atom stereocenters. The van der Waals surface area contributed by atoms with Crippen molar-refractivity contribution >= 4 is 13.3 Å². The van der Waals surface area contributed by atoms with Gasteiger partial charge in [0.05, 0.1) is 19.4 Å². The van der Waals surface area contributed by atoms with Gasteiger partial charge in [-0.1, -0.05) is 20.3 Å². The molecule has 0 aromatic rings. The van der Waals surface area contributed by atoms with Gasteiger partial charge in [-0.05, 0) is 5.92 Å². The van der Waals surface area contributed by atoms with E-state index in [0.29, 0.717) is 5.06 Å². The lowest BCUT2D eigenvalue weighted by atomic mass is 10.1. The summed E-state index contributed by atoms with van der Waals surface area (Å²) in [6.45, 7) is 5.25. The number of hydrogen-bond acceptors (Lipinski definition) is 4. The molecule has 2 unspecified atom stereocenters. The monoisotopic (exact) mass is 252 g/mol. The Balaban J connectivity index is 3.84. The van der Waals surface area contributed by atoms with E-state index in [9.17, 15) is 14.6 Å². The average Bonchev–Trinajstić information content (AvgIpc) is 2.15. The number of nitrogens with one attached hydrogen (secondary N) is 1. The van der Waals surface area contributed by atoms with Gasteiger partial charge < -0.3 is 4.89 Å². The molecular formula is C9H21N2O4P. The summed E-state index contributed by atoms with van der Waals surface area (Å²) in [6.07, 6.45) is 0.745. The molecule has 7 heteroatoms. The van der Waals surface area contributed by atoms with Gasteiger partial charge in [0.2, 0.25) is 7.37 Å². The molecule has 0 heterocycles. The lowest BCUT2D eigenvalue weighted by Gasteiger charge is -2.19. The topological polar surface area (TPSA) is 89.9 Å². The smallest absolute Gasteiger partial charge is 0.259 e. The maximum absolute atomic E-state index is 11.3. The third-order valence-corrected chi connectivity index (χ3v) is 2.96. The van der Waals surface area contributed by atoms with Crippen LogP contribution in [0.4, 0.5) is 0 Å². The number of hydroxylamine groups is 2. The van der Waals surface area contributed by atoms with Crippen molar-refractivity contribution in [2.75, 3.05) is 26.0 Å². The van der Waals surface area contributed by atoms with E-state index in [-0.39, 0.29) is 25.3 Å². The molecule has 0 aromatic carbocycles. The minimum Gasteiger partial charge on any atom is -0.344 e. The first kappa shape index (κ1) is 15.6. The number of nitrogens with zero attached hydrogens (tertiary/aromatic N) is 1. The number of amides is 1. The molecule has 6 nitrogen and oxygen atoms in total. The fourth-order valence-corrected chi connectivity index (χ4v) is 1.51. The normalized spacial score (nSPS) is 16.6. The van der Waals surface area contributed by atoms with Crippen LogP contribution >= 0.6 is 7.37 Å². The minimum absolute atomic E-state index is 0.129. The van der Waals surface area contributed by atoms with E-state index in [1.54, 1.807) is 0 Å². The predicted octanol–water partition coefficient (Wildman–Crippen LogP) is 0.698. The first-order valence-electron chi connectivity index (χ1n) is 5.25. The second-order valence-electron chi connectivity index (χ2n) is 4.13. The molecule has 0 saturated heterocycles. The zero-order valence-electron chi connectivity index (χ0n) is 10.0. The molecule has 0 radical (unpaired) electrons. The van der Waals surface area contributed by atoms with Crippen molar-refractivity contribution in [3.8, 4) is 0 Å². The zero-order chi connectivity index (χ0) is 12.8. The lowest BCUT2D eigenvalue weighted by Crippen LogP contribution is -2.38. The molecule has 96 valence electrons. The van der Waals surface area contributed by atoms with Gasteiger partial charge in [-0.3, -0.25) is 19.9 Å². The summed E-state index contributed by atoms with van der Waals surface area (Å²) in [5.74, 6) is -0.266. The van der Waals surface area contributed by atoms with Crippen LogP contribution < -0.4 is 5.32 Å². The molecule has 0 aliphatic rings. The van der Waals surface area contributed by atoms with Crippen molar-refractivity contribution in [1.29, 1.82) is 0 Å². The van der Waals surface area contributed by atoms with Crippen molar-refractivity contribution in [2.24, 2.45) is 5.92 Å². The van der Waals surface area contributed by atoms with Crippen LogP contribution in [0.5, 0.6) is 0 Å². The molecule has 0 bridgehead atoms. The largest absolute Gasteiger partial charge is 0.344 e. The van der Waals surface area contributed by atoms with Gasteiger partial charge in [0.15, 0.2) is 0 Å². The maximum Gasteiger partial charge on any atom is 0.259 e. The van der Waals surface area contributed by atoms with Crippen molar-refractivity contribution in [2.45, 2.75) is 20.3 Å². The third kappa shape index (κ3) is 7.82. The van der Waals surface area contributed by atoms with Crippen LogP contribution in [0.25, 0.3) is 0 Å². The summed E-state index contributed by atoms with van der Waals surface area (Å²) < 4.78 is 10.9. The summed E-state index contributed by atoms with van der Waals surface area (Å²) in [7, 11) is -3.15. The maximum atomic E-state index is 11.3. The van der Waals surface area contributed by atoms with Gasteiger partial charge in [-0.25, -0.2) is 5.06 Å². The SMILES string of the molecule is CCC(C)CN(O)C(=O)CNCP(C)(=O)O. The molecule has 0 spiro atoms. The molecule has 16 heavy (non-hydrogen) atoms. The summed E-state index contributed by atoms with van der Waals surface area (Å²) in [5.41, 5.74) is 0. The quantitative estimate of drug-likeness (QED) is 0.352. The Morgan fingerprint density at radius 3 is 2.56 bits per heavy atom. The summed E-state index contributed by atoms with van der Waals surface area (Å²) in [4.78, 5) is 20.3. The van der Waals surface area contributed by atoms with Crippen LogP contribution in [0, 0.1) is 5.92 Å². The highest BCUT2D eigenvalue weighted by Gasteiger charge is 2.15. The molecule has 0 saturated carbocycles. The standard InChI is InChI=1S/C9H21N2O4P/c1-4-8(2)6-11(13)9(12)5-10-7-16(3,14)15/h8,10,13H,4-7H2,1-3H3,(H,14,15). The summed E-state index contributed by atoms with van der Waals surface area (Å²) >= 11 is 0. The van der Waals surface area contributed by atoms with Gasteiger partial charge in [0.25, 0.3) is 5.91 Å². The summed E-state index contributed by atoms with van der Waals surface area (Å²) in [6, 6.07) is 0. The second-order valence-corrected chi connectivity index (χ2v) is 6.54. The van der Waals surface area contributed by atoms with Crippen molar-refractivity contribution < 1.29 is 19.5 Å². The molecule has 0 aromatic heterocycles. The van der Waals surface area contributed by atoms with Gasteiger partial charge in [-0.15, -0.1) is 0 Å². The highest BCUT2D eigenvalue weighted by atomic mass is 31.2. The van der Waals surface area contributed by atoms with E-state index in [1.807, 2.05) is 13.8 Å². The Morgan fingerprint density at radius 1 is 1.56 bits per heavy atom. The van der Waals surface area contributed by atoms with Crippen molar-refractivity contribution in [3.63, 3.8) is 0 Å². The van der Waals surface area contributed by atoms with E-state index in [4.69, 9.17) is 4.89 Å². The molecule has 0 aliphatic carbocycles. The third-order valence-electron chi connectivity index (χ3n) is 2.15. The van der Waals surface area contributed by atoms with E-state index >= 15 is 0 Å². The van der Waals surface area contributed by atoms with Crippen LogP contribution in [0.3, 0.4) is 0 Å². The van der Waals surface area contributed by atoms with Gasteiger partial charge in [-0.2, -0.15) is 0 Å². The van der Waals surface area contributed by atoms with Gasteiger partial charge in [0.1, 0.15) is 0 Å². The zero-order valence-corrected chi connectivity index (χ0v) is 10.9. The van der Waals surface area contributed by atoms with Crippen LogP contribution in [-0.4, -0.2) is 47.1 Å². The van der Waals surface area contributed by atoms with Crippen LogP contribution in [0.15, 0.2) is 0 Å². The molecular weight excluding hydrogens is 231 g/mol. The molecule has 0 fully saturated rings. The predicted molar refractivity (Wildman–Crippen MR) is 61.6 cm³/mol. The van der Waals surface area contributed by atoms with E-state index in [2.05, 4.69) is 5.32 Å². The first-order chi connectivity index (χ1) is 7.26. The average molecular weight is 252 g/mol. The highest BCUT2D eigenvalue weighted by molar-refractivity contribution is 7.57. The first-order valence-corrected chi connectivity index (χ1v) is 7.54. The van der Waals surface area contributed by atoms with Crippen LogP contribution in [0.1, 0.15) is 20.3 Å². The van der Waals surface area contributed by atoms with Gasteiger partial charge in [0, 0.05) is 6.66 Å². The minimum atomic E-state index is -3.15. The van der Waals surface area contributed by atoms with Crippen LogP contribution in [0.2, 0.25) is 0 Å². The molecule has 3 N–H and O–H groups in total. The molecule has 1 amide bonds. The summed E-state index contributed by atoms with van der Waals surface area (Å²) in [5, 5.41) is 12.5. The Hall–Kier alpha value is -0.420. The lowest BCUT2D eigenvalue weighted by molar-refractivity contribution is -0.166. The number of carbonyl (C=O) groups excluding carboxylic acids is 1. The van der Waals surface area contributed by atoms with E-state index in [1.165, 1.54) is 6.66 Å². The fraction of sp³-hybridized carbons (Fsp3) is 0.889. The highest BCUT2D eigenvalue weighted by Crippen LogP contribution is 2.32. The van der Waals surface area contributed by atoms with E-state index < -0.39 is 13.3 Å².